The SMILES string of the molecule is CCC(N)C(C)S(=O)CCS(C)(=O)=O. The molecule has 3 unspecified atom stereocenters. The van der Waals surface area contributed by atoms with E-state index in [0.29, 0.717) is 0 Å². The Morgan fingerprint density at radius 3 is 2.29 bits per heavy atom. The molecular weight excluding hydrogens is 222 g/mol. The van der Waals surface area contributed by atoms with Crippen LogP contribution in [0.3, 0.4) is 0 Å². The lowest BCUT2D eigenvalue weighted by atomic mass is 10.2. The molecule has 6 heteroatoms. The smallest absolute Gasteiger partial charge is 0.148 e. The third-order valence-electron chi connectivity index (χ3n) is 2.14. The molecule has 0 amide bonds. The van der Waals surface area contributed by atoms with Crippen LogP contribution in [0.1, 0.15) is 20.3 Å². The molecule has 3 atom stereocenters. The van der Waals surface area contributed by atoms with Crippen molar-refractivity contribution in [1.82, 2.24) is 0 Å². The predicted molar refractivity (Wildman–Crippen MR) is 60.4 cm³/mol. The van der Waals surface area contributed by atoms with Gasteiger partial charge in [0.2, 0.25) is 0 Å². The largest absolute Gasteiger partial charge is 0.327 e. The maximum absolute atomic E-state index is 11.6. The van der Waals surface area contributed by atoms with Crippen LogP contribution < -0.4 is 5.73 Å². The zero-order valence-corrected chi connectivity index (χ0v) is 10.5. The third kappa shape index (κ3) is 5.72. The highest BCUT2D eigenvalue weighted by molar-refractivity contribution is 7.92. The first kappa shape index (κ1) is 14.1. The van der Waals surface area contributed by atoms with E-state index in [1.54, 1.807) is 6.92 Å². The molecule has 0 radical (unpaired) electrons. The lowest BCUT2D eigenvalue weighted by molar-refractivity contribution is 0.599. The predicted octanol–water partition coefficient (Wildman–Crippen LogP) is -0.0945. The van der Waals surface area contributed by atoms with Crippen molar-refractivity contribution in [3.63, 3.8) is 0 Å². The fourth-order valence-corrected chi connectivity index (χ4v) is 3.77. The molecule has 14 heavy (non-hydrogen) atoms. The Bertz CT molecular complexity index is 287. The second-order valence-electron chi connectivity index (χ2n) is 3.49. The van der Waals surface area contributed by atoms with Crippen LogP contribution >= 0.6 is 0 Å². The molecule has 0 aliphatic heterocycles. The molecule has 4 nitrogen and oxygen atoms in total. The molecule has 0 aromatic heterocycles. The molecule has 0 aromatic carbocycles. The van der Waals surface area contributed by atoms with E-state index in [1.807, 2.05) is 6.92 Å². The van der Waals surface area contributed by atoms with E-state index in [1.165, 1.54) is 0 Å². The summed E-state index contributed by atoms with van der Waals surface area (Å²) < 4.78 is 33.2. The maximum Gasteiger partial charge on any atom is 0.148 e. The van der Waals surface area contributed by atoms with E-state index in [0.717, 1.165) is 12.7 Å². The van der Waals surface area contributed by atoms with Gasteiger partial charge in [-0.15, -0.1) is 0 Å². The van der Waals surface area contributed by atoms with Crippen LogP contribution in [0.15, 0.2) is 0 Å². The quantitative estimate of drug-likeness (QED) is 0.705. The topological polar surface area (TPSA) is 77.2 Å². The summed E-state index contributed by atoms with van der Waals surface area (Å²) in [5.41, 5.74) is 5.71. The van der Waals surface area contributed by atoms with Crippen molar-refractivity contribution in [2.75, 3.05) is 17.8 Å². The van der Waals surface area contributed by atoms with E-state index in [2.05, 4.69) is 0 Å². The van der Waals surface area contributed by atoms with Gasteiger partial charge in [0.15, 0.2) is 0 Å². The van der Waals surface area contributed by atoms with Crippen molar-refractivity contribution in [3.8, 4) is 0 Å². The molecule has 0 aliphatic rings. The molecule has 86 valence electrons. The normalized spacial score (nSPS) is 18.9. The lowest BCUT2D eigenvalue weighted by Gasteiger charge is -2.17. The van der Waals surface area contributed by atoms with Crippen LogP contribution in [0, 0.1) is 0 Å². The molecule has 0 bridgehead atoms. The zero-order chi connectivity index (χ0) is 11.4. The van der Waals surface area contributed by atoms with Gasteiger partial charge in [0.25, 0.3) is 0 Å². The molecule has 0 rings (SSSR count). The molecule has 0 fully saturated rings. The monoisotopic (exact) mass is 241 g/mol. The molecule has 0 aromatic rings. The van der Waals surface area contributed by atoms with Crippen molar-refractivity contribution in [1.29, 1.82) is 0 Å². The molecule has 2 N–H and O–H groups in total. The summed E-state index contributed by atoms with van der Waals surface area (Å²) in [5, 5.41) is -0.137. The molecule has 0 saturated heterocycles. The average molecular weight is 241 g/mol. The van der Waals surface area contributed by atoms with E-state index in [-0.39, 0.29) is 22.8 Å². The standard InChI is InChI=1S/C8H19NO3S2/c1-4-8(9)7(2)13(10)5-6-14(3,11)12/h7-8H,4-6,9H2,1-3H3. The number of hydrogen-bond acceptors (Lipinski definition) is 4. The van der Waals surface area contributed by atoms with Gasteiger partial charge >= 0.3 is 0 Å². The number of nitrogens with two attached hydrogens (primary N) is 1. The van der Waals surface area contributed by atoms with Gasteiger partial charge in [-0.1, -0.05) is 6.92 Å². The van der Waals surface area contributed by atoms with Crippen molar-refractivity contribution in [3.05, 3.63) is 0 Å². The summed E-state index contributed by atoms with van der Waals surface area (Å²) in [5.74, 6) is 0.161. The van der Waals surface area contributed by atoms with Gasteiger partial charge in [-0.25, -0.2) is 8.42 Å². The average Bonchev–Trinajstić information content (AvgIpc) is 2.10. The molecular formula is C8H19NO3S2. The summed E-state index contributed by atoms with van der Waals surface area (Å²) in [6.07, 6.45) is 1.90. The summed E-state index contributed by atoms with van der Waals surface area (Å²) in [6.45, 7) is 3.72. The Hall–Kier alpha value is 0.0600. The number of rotatable bonds is 6. The van der Waals surface area contributed by atoms with Gasteiger partial charge in [0, 0.05) is 34.1 Å². The minimum atomic E-state index is -3.02. The van der Waals surface area contributed by atoms with Crippen LogP contribution in [0.5, 0.6) is 0 Å². The van der Waals surface area contributed by atoms with Gasteiger partial charge in [0.05, 0.1) is 5.75 Å². The van der Waals surface area contributed by atoms with Crippen molar-refractivity contribution in [2.24, 2.45) is 5.73 Å². The van der Waals surface area contributed by atoms with E-state index in [4.69, 9.17) is 5.73 Å². The number of sulfone groups is 1. The lowest BCUT2D eigenvalue weighted by Crippen LogP contribution is -2.36. The van der Waals surface area contributed by atoms with E-state index in [9.17, 15) is 12.6 Å². The van der Waals surface area contributed by atoms with Crippen molar-refractivity contribution < 1.29 is 12.6 Å². The summed E-state index contributed by atoms with van der Waals surface area (Å²) in [4.78, 5) is 0. The second-order valence-corrected chi connectivity index (χ2v) is 7.67. The van der Waals surface area contributed by atoms with Crippen LogP contribution in [-0.2, 0) is 20.6 Å². The van der Waals surface area contributed by atoms with Crippen LogP contribution in [0.25, 0.3) is 0 Å². The maximum atomic E-state index is 11.6. The highest BCUT2D eigenvalue weighted by atomic mass is 32.2. The third-order valence-corrected chi connectivity index (χ3v) is 5.13. The molecule has 0 spiro atoms. The fraction of sp³-hybridized carbons (Fsp3) is 1.00. The van der Waals surface area contributed by atoms with Crippen LogP contribution in [-0.4, -0.2) is 41.7 Å². The minimum Gasteiger partial charge on any atom is -0.327 e. The van der Waals surface area contributed by atoms with Gasteiger partial charge in [0.1, 0.15) is 9.84 Å². The summed E-state index contributed by atoms with van der Waals surface area (Å²) >= 11 is 0. The van der Waals surface area contributed by atoms with Gasteiger partial charge in [-0.2, -0.15) is 0 Å². The molecule has 0 aliphatic carbocycles. The van der Waals surface area contributed by atoms with Crippen LogP contribution in [0.2, 0.25) is 0 Å². The van der Waals surface area contributed by atoms with E-state index >= 15 is 0 Å². The Labute approximate surface area is 88.6 Å². The fourth-order valence-electron chi connectivity index (χ4n) is 0.946. The van der Waals surface area contributed by atoms with E-state index < -0.39 is 20.6 Å². The van der Waals surface area contributed by atoms with Gasteiger partial charge in [-0.05, 0) is 13.3 Å². The second kappa shape index (κ2) is 5.82. The Morgan fingerprint density at radius 2 is 1.93 bits per heavy atom. The first-order chi connectivity index (χ1) is 6.28. The van der Waals surface area contributed by atoms with Crippen LogP contribution in [0.4, 0.5) is 0 Å². The Morgan fingerprint density at radius 1 is 1.43 bits per heavy atom. The number of hydrogen-bond donors (Lipinski definition) is 1. The zero-order valence-electron chi connectivity index (χ0n) is 8.89. The van der Waals surface area contributed by atoms with Gasteiger partial charge in [-0.3, -0.25) is 4.21 Å². The molecule has 0 saturated carbocycles. The summed E-state index contributed by atoms with van der Waals surface area (Å²) in [7, 11) is -4.16. The highest BCUT2D eigenvalue weighted by Gasteiger charge is 2.18. The first-order valence-corrected chi connectivity index (χ1v) is 8.02. The Kier molecular flexibility index (Phi) is 5.85. The summed E-state index contributed by atoms with van der Waals surface area (Å²) in [6, 6.07) is -0.115. The molecule has 0 heterocycles. The van der Waals surface area contributed by atoms with Crippen molar-refractivity contribution >= 4 is 20.6 Å². The minimum absolute atomic E-state index is 0.0274. The Balaban J connectivity index is 4.10. The van der Waals surface area contributed by atoms with Crippen molar-refractivity contribution in [2.45, 2.75) is 31.6 Å². The highest BCUT2D eigenvalue weighted by Crippen LogP contribution is 2.04. The van der Waals surface area contributed by atoms with Gasteiger partial charge < -0.3 is 5.73 Å². The first-order valence-electron chi connectivity index (χ1n) is 4.58.